The molecule has 3 aromatic carbocycles. The Bertz CT molecular complexity index is 1460. The largest absolute Gasteiger partial charge is 0.497 e. The quantitative estimate of drug-likeness (QED) is 0.295. The minimum Gasteiger partial charge on any atom is -0.497 e. The monoisotopic (exact) mass is 533 g/mol. The maximum Gasteiger partial charge on any atom is 0.261 e. The lowest BCUT2D eigenvalue weighted by molar-refractivity contribution is 0.102. The lowest BCUT2D eigenvalue weighted by Gasteiger charge is -2.10. The van der Waals surface area contributed by atoms with E-state index in [1.54, 1.807) is 53.9 Å². The average molecular weight is 534 g/mol. The molecule has 174 valence electrons. The summed E-state index contributed by atoms with van der Waals surface area (Å²) in [6.45, 7) is 0. The molecular formula is C23H17Cl2N3O4S2. The van der Waals surface area contributed by atoms with Crippen molar-refractivity contribution in [2.75, 3.05) is 17.1 Å². The first-order valence-corrected chi connectivity index (χ1v) is 12.9. The van der Waals surface area contributed by atoms with Gasteiger partial charge in [0.2, 0.25) is 0 Å². The molecule has 2 N–H and O–H groups in total. The summed E-state index contributed by atoms with van der Waals surface area (Å²) in [4.78, 5) is 17.2. The fourth-order valence-electron chi connectivity index (χ4n) is 2.98. The van der Waals surface area contributed by atoms with Gasteiger partial charge in [0.05, 0.1) is 27.7 Å². The smallest absolute Gasteiger partial charge is 0.261 e. The van der Waals surface area contributed by atoms with Crippen LogP contribution in [0.2, 0.25) is 10.0 Å². The number of halogens is 2. The first-order valence-electron chi connectivity index (χ1n) is 9.74. The van der Waals surface area contributed by atoms with Gasteiger partial charge in [-0.3, -0.25) is 14.8 Å². The van der Waals surface area contributed by atoms with Gasteiger partial charge in [0.1, 0.15) is 5.75 Å². The van der Waals surface area contributed by atoms with Crippen LogP contribution in [0, 0.1) is 0 Å². The zero-order chi connectivity index (χ0) is 24.3. The molecule has 0 atom stereocenters. The summed E-state index contributed by atoms with van der Waals surface area (Å²) in [6, 6.07) is 17.3. The van der Waals surface area contributed by atoms with Gasteiger partial charge in [0.25, 0.3) is 15.9 Å². The summed E-state index contributed by atoms with van der Waals surface area (Å²) < 4.78 is 32.9. The minimum atomic E-state index is -3.84. The standard InChI is InChI=1S/C23H17Cl2N3O4S2/c1-32-17-6-8-18(9-7-17)34(30,31)28-16-4-2-3-15(11-16)22(29)27-23-26-21(13-33-23)14-5-10-19(24)20(25)12-14/h2-13,28H,1H3,(H,26,27,29). The lowest BCUT2D eigenvalue weighted by atomic mass is 10.2. The van der Waals surface area contributed by atoms with E-state index >= 15 is 0 Å². The fourth-order valence-corrected chi connectivity index (χ4v) is 5.04. The molecule has 0 spiro atoms. The van der Waals surface area contributed by atoms with Crippen molar-refractivity contribution in [3.63, 3.8) is 0 Å². The molecule has 4 aromatic rings. The molecule has 7 nitrogen and oxygen atoms in total. The van der Waals surface area contributed by atoms with Crippen LogP contribution in [0.4, 0.5) is 10.8 Å². The van der Waals surface area contributed by atoms with Crippen molar-refractivity contribution in [2.24, 2.45) is 0 Å². The third-order valence-corrected chi connectivity index (χ3v) is 7.58. The van der Waals surface area contributed by atoms with Crippen molar-refractivity contribution in [3.8, 4) is 17.0 Å². The number of nitrogens with zero attached hydrogens (tertiary/aromatic N) is 1. The normalized spacial score (nSPS) is 11.1. The van der Waals surface area contributed by atoms with E-state index in [1.807, 2.05) is 0 Å². The highest BCUT2D eigenvalue weighted by molar-refractivity contribution is 7.92. The summed E-state index contributed by atoms with van der Waals surface area (Å²) in [5.74, 6) is 0.114. The van der Waals surface area contributed by atoms with Crippen LogP contribution in [0.25, 0.3) is 11.3 Å². The van der Waals surface area contributed by atoms with Crippen molar-refractivity contribution in [2.45, 2.75) is 4.90 Å². The van der Waals surface area contributed by atoms with Gasteiger partial charge in [0.15, 0.2) is 5.13 Å². The van der Waals surface area contributed by atoms with Crippen LogP contribution >= 0.6 is 34.5 Å². The third-order valence-electron chi connectivity index (χ3n) is 4.69. The van der Waals surface area contributed by atoms with Gasteiger partial charge >= 0.3 is 0 Å². The Morgan fingerprint density at radius 2 is 1.76 bits per heavy atom. The molecule has 0 radical (unpaired) electrons. The Morgan fingerprint density at radius 1 is 1.00 bits per heavy atom. The summed E-state index contributed by atoms with van der Waals surface area (Å²) >= 11 is 13.3. The summed E-state index contributed by atoms with van der Waals surface area (Å²) in [7, 11) is -2.34. The second kappa shape index (κ2) is 10.0. The number of anilines is 2. The number of nitrogens with one attached hydrogen (secondary N) is 2. The molecule has 4 rings (SSSR count). The molecular weight excluding hydrogens is 517 g/mol. The number of aromatic nitrogens is 1. The van der Waals surface area contributed by atoms with Gasteiger partial charge < -0.3 is 4.74 Å². The topological polar surface area (TPSA) is 97.4 Å². The SMILES string of the molecule is COc1ccc(S(=O)(=O)Nc2cccc(C(=O)Nc3nc(-c4ccc(Cl)c(Cl)c4)cs3)c2)cc1. The van der Waals surface area contributed by atoms with E-state index in [2.05, 4.69) is 15.0 Å². The van der Waals surface area contributed by atoms with Crippen molar-refractivity contribution < 1.29 is 17.9 Å². The van der Waals surface area contributed by atoms with Crippen LogP contribution in [0.15, 0.2) is 77.0 Å². The highest BCUT2D eigenvalue weighted by Gasteiger charge is 2.16. The Balaban J connectivity index is 1.47. The zero-order valence-corrected chi connectivity index (χ0v) is 20.7. The maximum absolute atomic E-state index is 12.7. The molecule has 0 aliphatic rings. The molecule has 11 heteroatoms. The second-order valence-corrected chi connectivity index (χ2v) is 10.3. The first-order chi connectivity index (χ1) is 16.2. The highest BCUT2D eigenvalue weighted by Crippen LogP contribution is 2.30. The number of methoxy groups -OCH3 is 1. The van der Waals surface area contributed by atoms with E-state index in [0.717, 1.165) is 5.56 Å². The first kappa shape index (κ1) is 24.0. The Labute approximate surface area is 210 Å². The van der Waals surface area contributed by atoms with Crippen molar-refractivity contribution in [1.82, 2.24) is 4.98 Å². The molecule has 1 aromatic heterocycles. The zero-order valence-electron chi connectivity index (χ0n) is 17.6. The number of ether oxygens (including phenoxy) is 1. The number of amides is 1. The predicted molar refractivity (Wildman–Crippen MR) is 136 cm³/mol. The maximum atomic E-state index is 12.7. The number of benzene rings is 3. The van der Waals surface area contributed by atoms with E-state index in [-0.39, 0.29) is 16.1 Å². The van der Waals surface area contributed by atoms with Gasteiger partial charge in [-0.05, 0) is 54.6 Å². The summed E-state index contributed by atoms with van der Waals surface area (Å²) in [5, 5.41) is 5.75. The molecule has 0 saturated carbocycles. The average Bonchev–Trinajstić information content (AvgIpc) is 3.29. The van der Waals surface area contributed by atoms with Crippen LogP contribution in [-0.2, 0) is 10.0 Å². The number of hydrogen-bond acceptors (Lipinski definition) is 6. The molecule has 0 unspecified atom stereocenters. The van der Waals surface area contributed by atoms with Crippen LogP contribution in [0.1, 0.15) is 10.4 Å². The van der Waals surface area contributed by atoms with Crippen LogP contribution < -0.4 is 14.8 Å². The molecule has 0 aliphatic carbocycles. The van der Waals surface area contributed by atoms with Gasteiger partial charge in [-0.2, -0.15) is 0 Å². The highest BCUT2D eigenvalue weighted by atomic mass is 35.5. The van der Waals surface area contributed by atoms with Gasteiger partial charge in [-0.15, -0.1) is 11.3 Å². The number of hydrogen-bond donors (Lipinski definition) is 2. The molecule has 0 bridgehead atoms. The molecule has 34 heavy (non-hydrogen) atoms. The van der Waals surface area contributed by atoms with Crippen molar-refractivity contribution >= 4 is 61.3 Å². The van der Waals surface area contributed by atoms with E-state index < -0.39 is 15.9 Å². The van der Waals surface area contributed by atoms with Crippen LogP contribution in [0.3, 0.4) is 0 Å². The van der Waals surface area contributed by atoms with Crippen LogP contribution in [-0.4, -0.2) is 26.4 Å². The lowest BCUT2D eigenvalue weighted by Crippen LogP contribution is -2.15. The van der Waals surface area contributed by atoms with E-state index in [0.29, 0.717) is 26.6 Å². The minimum absolute atomic E-state index is 0.0702. The van der Waals surface area contributed by atoms with Gasteiger partial charge in [0, 0.05) is 22.2 Å². The van der Waals surface area contributed by atoms with Gasteiger partial charge in [-0.25, -0.2) is 13.4 Å². The van der Waals surface area contributed by atoms with Crippen molar-refractivity contribution in [3.05, 3.63) is 87.7 Å². The Kier molecular flexibility index (Phi) is 7.08. The molecule has 0 saturated heterocycles. The number of sulfonamides is 1. The number of carbonyl (C=O) groups excluding carboxylic acids is 1. The number of carbonyl (C=O) groups is 1. The van der Waals surface area contributed by atoms with E-state index in [1.165, 1.54) is 36.6 Å². The van der Waals surface area contributed by atoms with Crippen LogP contribution in [0.5, 0.6) is 5.75 Å². The number of rotatable bonds is 7. The Hall–Kier alpha value is -3.11. The number of thiazole rings is 1. The Morgan fingerprint density at radius 3 is 2.47 bits per heavy atom. The fraction of sp³-hybridized carbons (Fsp3) is 0.0435. The predicted octanol–water partition coefficient (Wildman–Crippen LogP) is 6.18. The summed E-state index contributed by atoms with van der Waals surface area (Å²) in [6.07, 6.45) is 0. The molecule has 1 amide bonds. The molecule has 0 aliphatic heterocycles. The van der Waals surface area contributed by atoms with E-state index in [9.17, 15) is 13.2 Å². The van der Waals surface area contributed by atoms with Crippen molar-refractivity contribution in [1.29, 1.82) is 0 Å². The van der Waals surface area contributed by atoms with Gasteiger partial charge in [-0.1, -0.05) is 35.3 Å². The van der Waals surface area contributed by atoms with E-state index in [4.69, 9.17) is 27.9 Å². The molecule has 1 heterocycles. The summed E-state index contributed by atoms with van der Waals surface area (Å²) in [5.41, 5.74) is 1.92. The third kappa shape index (κ3) is 5.51. The molecule has 0 fully saturated rings. The second-order valence-electron chi connectivity index (χ2n) is 6.98.